The summed E-state index contributed by atoms with van der Waals surface area (Å²) in [4.78, 5) is 36.6. The number of carboxylic acids is 1. The van der Waals surface area contributed by atoms with E-state index in [1.165, 1.54) is 11.8 Å². The summed E-state index contributed by atoms with van der Waals surface area (Å²) in [5.74, 6) is -1.51. The van der Waals surface area contributed by atoms with Crippen LogP contribution in [0.25, 0.3) is 0 Å². The van der Waals surface area contributed by atoms with Gasteiger partial charge in [0, 0.05) is 10.5 Å². The first-order valence-corrected chi connectivity index (χ1v) is 8.47. The van der Waals surface area contributed by atoms with E-state index in [4.69, 9.17) is 0 Å². The number of anilines is 1. The molecular formula is C16H18N2O4S. The van der Waals surface area contributed by atoms with Gasteiger partial charge in [-0.05, 0) is 38.0 Å². The van der Waals surface area contributed by atoms with Crippen molar-refractivity contribution in [1.29, 1.82) is 0 Å². The fraction of sp³-hybridized carbons (Fsp3) is 0.438. The molecule has 7 heteroatoms. The zero-order valence-electron chi connectivity index (χ0n) is 12.7. The molecule has 3 rings (SSSR count). The van der Waals surface area contributed by atoms with Crippen molar-refractivity contribution in [3.05, 3.63) is 23.8 Å². The third kappa shape index (κ3) is 2.93. The summed E-state index contributed by atoms with van der Waals surface area (Å²) >= 11 is 1.44. The van der Waals surface area contributed by atoms with Gasteiger partial charge in [-0.25, -0.2) is 4.79 Å². The van der Waals surface area contributed by atoms with E-state index < -0.39 is 17.4 Å². The Hall–Kier alpha value is -2.02. The third-order valence-electron chi connectivity index (χ3n) is 4.39. The number of rotatable bonds is 3. The number of amides is 2. The molecule has 1 aliphatic carbocycles. The highest BCUT2D eigenvalue weighted by Gasteiger charge is 2.42. The molecule has 1 aromatic carbocycles. The van der Waals surface area contributed by atoms with E-state index in [-0.39, 0.29) is 11.2 Å². The van der Waals surface area contributed by atoms with Crippen LogP contribution < -0.4 is 10.6 Å². The molecule has 1 atom stereocenters. The SMILES string of the molecule is CC1Sc2ccc(C(=O)NC3(C(=O)O)CCCC3)cc2NC1=O. The van der Waals surface area contributed by atoms with Gasteiger partial charge in [-0.2, -0.15) is 0 Å². The third-order valence-corrected chi connectivity index (χ3v) is 5.57. The van der Waals surface area contributed by atoms with E-state index in [1.807, 2.05) is 6.92 Å². The number of fused-ring (bicyclic) bond motifs is 1. The number of nitrogens with one attached hydrogen (secondary N) is 2. The van der Waals surface area contributed by atoms with E-state index in [9.17, 15) is 19.5 Å². The summed E-state index contributed by atoms with van der Waals surface area (Å²) in [6.45, 7) is 1.82. The van der Waals surface area contributed by atoms with Crippen LogP contribution in [0.4, 0.5) is 5.69 Å². The number of carbonyl (C=O) groups is 3. The predicted molar refractivity (Wildman–Crippen MR) is 86.7 cm³/mol. The lowest BCUT2D eigenvalue weighted by Gasteiger charge is -2.26. The predicted octanol–water partition coefficient (Wildman–Crippen LogP) is 2.25. The minimum atomic E-state index is -1.17. The lowest BCUT2D eigenvalue weighted by Crippen LogP contribution is -2.52. The molecule has 1 aliphatic heterocycles. The van der Waals surface area contributed by atoms with Gasteiger partial charge in [-0.3, -0.25) is 9.59 Å². The lowest BCUT2D eigenvalue weighted by molar-refractivity contribution is -0.144. The average molecular weight is 334 g/mol. The average Bonchev–Trinajstić information content (AvgIpc) is 2.98. The topological polar surface area (TPSA) is 95.5 Å². The summed E-state index contributed by atoms with van der Waals surface area (Å²) in [6.07, 6.45) is 2.48. The van der Waals surface area contributed by atoms with Gasteiger partial charge >= 0.3 is 5.97 Å². The van der Waals surface area contributed by atoms with Crippen molar-refractivity contribution >= 4 is 35.2 Å². The quantitative estimate of drug-likeness (QED) is 0.788. The highest BCUT2D eigenvalue weighted by Crippen LogP contribution is 2.36. The monoisotopic (exact) mass is 334 g/mol. The summed E-state index contributed by atoms with van der Waals surface area (Å²) in [5.41, 5.74) is -0.215. The molecule has 0 bridgehead atoms. The Bertz CT molecular complexity index is 683. The molecule has 0 saturated heterocycles. The van der Waals surface area contributed by atoms with Crippen LogP contribution in [0.15, 0.2) is 23.1 Å². The van der Waals surface area contributed by atoms with Crippen molar-refractivity contribution in [3.63, 3.8) is 0 Å². The molecule has 0 radical (unpaired) electrons. The van der Waals surface area contributed by atoms with E-state index in [2.05, 4.69) is 10.6 Å². The molecule has 0 spiro atoms. The first-order valence-electron chi connectivity index (χ1n) is 7.59. The van der Waals surface area contributed by atoms with Gasteiger partial charge in [0.25, 0.3) is 5.91 Å². The summed E-state index contributed by atoms with van der Waals surface area (Å²) in [7, 11) is 0. The van der Waals surface area contributed by atoms with E-state index >= 15 is 0 Å². The van der Waals surface area contributed by atoms with Crippen molar-refractivity contribution in [1.82, 2.24) is 5.32 Å². The minimum absolute atomic E-state index is 0.0992. The molecule has 1 unspecified atom stereocenters. The van der Waals surface area contributed by atoms with E-state index in [0.717, 1.165) is 17.7 Å². The molecule has 2 aliphatic rings. The second kappa shape index (κ2) is 5.88. The van der Waals surface area contributed by atoms with Crippen LogP contribution in [-0.4, -0.2) is 33.7 Å². The standard InChI is InChI=1S/C16H18N2O4S/c1-9-13(19)17-11-8-10(4-5-12(11)23-9)14(20)18-16(15(21)22)6-2-3-7-16/h4-5,8-9H,2-3,6-7H2,1H3,(H,17,19)(H,18,20)(H,21,22). The number of thioether (sulfide) groups is 1. The zero-order valence-corrected chi connectivity index (χ0v) is 13.5. The van der Waals surface area contributed by atoms with Crippen molar-refractivity contribution in [2.45, 2.75) is 48.3 Å². The molecule has 2 amide bonds. The largest absolute Gasteiger partial charge is 0.480 e. The van der Waals surface area contributed by atoms with Gasteiger partial charge < -0.3 is 15.7 Å². The van der Waals surface area contributed by atoms with Crippen molar-refractivity contribution in [2.24, 2.45) is 0 Å². The smallest absolute Gasteiger partial charge is 0.329 e. The van der Waals surface area contributed by atoms with Crippen molar-refractivity contribution in [2.75, 3.05) is 5.32 Å². The van der Waals surface area contributed by atoms with E-state index in [0.29, 0.717) is 24.1 Å². The first-order chi connectivity index (χ1) is 10.9. The molecule has 1 fully saturated rings. The maximum atomic E-state index is 12.4. The lowest BCUT2D eigenvalue weighted by atomic mass is 9.97. The molecular weight excluding hydrogens is 316 g/mol. The van der Waals surface area contributed by atoms with Gasteiger partial charge in [0.15, 0.2) is 0 Å². The zero-order chi connectivity index (χ0) is 16.6. The number of hydrogen-bond acceptors (Lipinski definition) is 4. The Kier molecular flexibility index (Phi) is 4.06. The van der Waals surface area contributed by atoms with Gasteiger partial charge in [0.05, 0.1) is 10.9 Å². The Morgan fingerprint density at radius 1 is 1.35 bits per heavy atom. The van der Waals surface area contributed by atoms with Gasteiger partial charge in [0.2, 0.25) is 5.91 Å². The molecule has 1 saturated carbocycles. The van der Waals surface area contributed by atoms with Crippen LogP contribution in [0.5, 0.6) is 0 Å². The van der Waals surface area contributed by atoms with Crippen LogP contribution in [-0.2, 0) is 9.59 Å². The molecule has 23 heavy (non-hydrogen) atoms. The van der Waals surface area contributed by atoms with Crippen LogP contribution in [0.2, 0.25) is 0 Å². The summed E-state index contributed by atoms with van der Waals surface area (Å²) in [6, 6.07) is 5.05. The second-order valence-corrected chi connectivity index (χ2v) is 7.39. The highest BCUT2D eigenvalue weighted by atomic mass is 32.2. The van der Waals surface area contributed by atoms with Gasteiger partial charge in [0.1, 0.15) is 5.54 Å². The Morgan fingerprint density at radius 3 is 2.70 bits per heavy atom. The number of benzene rings is 1. The Morgan fingerprint density at radius 2 is 2.04 bits per heavy atom. The fourth-order valence-corrected chi connectivity index (χ4v) is 3.94. The summed E-state index contributed by atoms with van der Waals surface area (Å²) in [5, 5.41) is 14.7. The Labute approximate surface area is 138 Å². The van der Waals surface area contributed by atoms with Gasteiger partial charge in [-0.15, -0.1) is 11.8 Å². The number of carbonyl (C=O) groups excluding carboxylic acids is 2. The second-order valence-electron chi connectivity index (χ2n) is 6.01. The highest BCUT2D eigenvalue weighted by molar-refractivity contribution is 8.00. The number of hydrogen-bond donors (Lipinski definition) is 3. The van der Waals surface area contributed by atoms with Crippen molar-refractivity contribution in [3.8, 4) is 0 Å². The van der Waals surface area contributed by atoms with Crippen molar-refractivity contribution < 1.29 is 19.5 Å². The molecule has 3 N–H and O–H groups in total. The van der Waals surface area contributed by atoms with Crippen LogP contribution >= 0.6 is 11.8 Å². The summed E-state index contributed by atoms with van der Waals surface area (Å²) < 4.78 is 0. The fourth-order valence-electron chi connectivity index (χ4n) is 3.01. The minimum Gasteiger partial charge on any atom is -0.480 e. The number of aliphatic carboxylic acids is 1. The normalized spacial score (nSPS) is 22.1. The first kappa shape index (κ1) is 15.9. The van der Waals surface area contributed by atoms with Gasteiger partial charge in [-0.1, -0.05) is 12.8 Å². The molecule has 6 nitrogen and oxygen atoms in total. The maximum absolute atomic E-state index is 12.4. The Balaban J connectivity index is 1.82. The van der Waals surface area contributed by atoms with Crippen LogP contribution in [0.1, 0.15) is 43.0 Å². The maximum Gasteiger partial charge on any atom is 0.329 e. The molecule has 0 aromatic heterocycles. The molecule has 122 valence electrons. The van der Waals surface area contributed by atoms with Crippen LogP contribution in [0, 0.1) is 0 Å². The van der Waals surface area contributed by atoms with E-state index in [1.54, 1.807) is 18.2 Å². The number of carboxylic acid groups (broad SMARTS) is 1. The molecule has 1 aromatic rings. The van der Waals surface area contributed by atoms with Crippen LogP contribution in [0.3, 0.4) is 0 Å². The molecule has 1 heterocycles.